The van der Waals surface area contributed by atoms with Crippen LogP contribution in [-0.2, 0) is 10.5 Å². The number of alkyl halides is 2. The number of thioether (sulfide) groups is 1. The second-order valence-electron chi connectivity index (χ2n) is 7.21. The highest BCUT2D eigenvalue weighted by molar-refractivity contribution is 7.98. The molecule has 0 unspecified atom stereocenters. The quantitative estimate of drug-likeness (QED) is 0.463. The molecule has 0 saturated carbocycles. The highest BCUT2D eigenvalue weighted by Crippen LogP contribution is 2.32. The zero-order valence-corrected chi connectivity index (χ0v) is 18.8. The molecule has 1 aromatic carbocycles. The number of H-pyrrole nitrogens is 1. The number of aromatic nitrogens is 5. The van der Waals surface area contributed by atoms with Crippen molar-refractivity contribution in [3.63, 3.8) is 0 Å². The number of amides is 2. The van der Waals surface area contributed by atoms with Crippen molar-refractivity contribution >= 4 is 34.9 Å². The number of benzene rings is 1. The Balaban J connectivity index is 1.30. The van der Waals surface area contributed by atoms with Crippen molar-refractivity contribution in [2.75, 3.05) is 13.1 Å². The SMILES string of the molecule is N#C[C@@H]1CC(F)(F)CN1C(=O)CNC(=O)c1csc(CSc2ccc(-c3nn[nH]n3)cc2F)n1. The van der Waals surface area contributed by atoms with Gasteiger partial charge in [-0.2, -0.15) is 10.5 Å². The Kier molecular flexibility index (Phi) is 6.80. The van der Waals surface area contributed by atoms with E-state index in [9.17, 15) is 22.8 Å². The lowest BCUT2D eigenvalue weighted by Gasteiger charge is -2.19. The maximum Gasteiger partial charge on any atom is 0.271 e. The molecule has 176 valence electrons. The van der Waals surface area contributed by atoms with Crippen LogP contribution < -0.4 is 5.32 Å². The van der Waals surface area contributed by atoms with E-state index >= 15 is 0 Å². The number of nitrogens with one attached hydrogen (secondary N) is 2. The molecule has 0 spiro atoms. The maximum atomic E-state index is 14.4. The first kappa shape index (κ1) is 23.6. The van der Waals surface area contributed by atoms with E-state index in [2.05, 4.69) is 30.9 Å². The van der Waals surface area contributed by atoms with E-state index in [0.717, 1.165) is 4.90 Å². The van der Waals surface area contributed by atoms with Crippen molar-refractivity contribution in [3.8, 4) is 17.5 Å². The minimum atomic E-state index is -3.13. The van der Waals surface area contributed by atoms with E-state index in [4.69, 9.17) is 5.26 Å². The molecule has 1 aliphatic heterocycles. The third-order valence-corrected chi connectivity index (χ3v) is 6.90. The second kappa shape index (κ2) is 9.77. The summed E-state index contributed by atoms with van der Waals surface area (Å²) in [7, 11) is 0. The average Bonchev–Trinajstić information content (AvgIpc) is 3.56. The van der Waals surface area contributed by atoms with Gasteiger partial charge in [-0.1, -0.05) is 0 Å². The number of hydrogen-bond donors (Lipinski definition) is 2. The summed E-state index contributed by atoms with van der Waals surface area (Å²) in [6.45, 7) is -1.39. The summed E-state index contributed by atoms with van der Waals surface area (Å²) < 4.78 is 41.4. The first-order valence-corrected chi connectivity index (χ1v) is 11.6. The standard InChI is InChI=1S/C19H15F3N8O2S2/c20-12-3-10(17-26-28-29-27-17)1-2-14(12)33-8-15-25-13(7-34-15)18(32)24-6-16(31)30-9-19(21,22)4-11(30)5-23/h1-3,7,11H,4,6,8-9H2,(H,24,32)(H,26,27,28,29)/t11-/m0/s1. The molecule has 3 aromatic rings. The number of likely N-dealkylation sites (tertiary alicyclic amines) is 1. The fourth-order valence-corrected chi connectivity index (χ4v) is 4.92. The van der Waals surface area contributed by atoms with Gasteiger partial charge in [0.05, 0.1) is 24.9 Å². The van der Waals surface area contributed by atoms with E-state index in [1.807, 2.05) is 0 Å². The van der Waals surface area contributed by atoms with Crippen LogP contribution in [0.2, 0.25) is 0 Å². The van der Waals surface area contributed by atoms with Gasteiger partial charge >= 0.3 is 0 Å². The first-order chi connectivity index (χ1) is 16.3. The number of hydrogen-bond acceptors (Lipinski definition) is 9. The predicted octanol–water partition coefficient (Wildman–Crippen LogP) is 2.24. The number of thiazole rings is 1. The summed E-state index contributed by atoms with van der Waals surface area (Å²) in [5.41, 5.74) is 0.516. The molecule has 0 bridgehead atoms. The lowest BCUT2D eigenvalue weighted by Crippen LogP contribution is -2.43. The van der Waals surface area contributed by atoms with Gasteiger partial charge in [-0.05, 0) is 23.4 Å². The van der Waals surface area contributed by atoms with Crippen LogP contribution in [0.15, 0.2) is 28.5 Å². The third kappa shape index (κ3) is 5.34. The van der Waals surface area contributed by atoms with E-state index in [1.54, 1.807) is 18.2 Å². The van der Waals surface area contributed by atoms with Crippen LogP contribution in [-0.4, -0.2) is 67.4 Å². The molecule has 3 heterocycles. The maximum absolute atomic E-state index is 14.4. The first-order valence-electron chi connectivity index (χ1n) is 9.71. The van der Waals surface area contributed by atoms with Gasteiger partial charge in [0.2, 0.25) is 11.7 Å². The highest BCUT2D eigenvalue weighted by Gasteiger charge is 2.47. The van der Waals surface area contributed by atoms with Gasteiger partial charge in [0.15, 0.2) is 0 Å². The average molecular weight is 509 g/mol. The van der Waals surface area contributed by atoms with Gasteiger partial charge < -0.3 is 10.2 Å². The Labute approximate surface area is 198 Å². The fourth-order valence-electron chi connectivity index (χ4n) is 3.20. The normalized spacial score (nSPS) is 16.9. The molecule has 10 nitrogen and oxygen atoms in total. The molecule has 0 radical (unpaired) electrons. The van der Waals surface area contributed by atoms with E-state index in [1.165, 1.54) is 34.5 Å². The predicted molar refractivity (Wildman–Crippen MR) is 114 cm³/mol. The summed E-state index contributed by atoms with van der Waals surface area (Å²) in [5.74, 6) is -4.47. The number of nitriles is 1. The molecule has 4 rings (SSSR count). The Morgan fingerprint density at radius 2 is 2.24 bits per heavy atom. The Bertz CT molecular complexity index is 1240. The van der Waals surface area contributed by atoms with Crippen LogP contribution in [0.4, 0.5) is 13.2 Å². The van der Waals surface area contributed by atoms with Crippen molar-refractivity contribution in [3.05, 3.63) is 40.1 Å². The number of nitrogens with zero attached hydrogens (tertiary/aromatic N) is 6. The summed E-state index contributed by atoms with van der Waals surface area (Å²) in [4.78, 5) is 29.8. The van der Waals surface area contributed by atoms with Gasteiger partial charge in [0.25, 0.3) is 11.8 Å². The number of rotatable bonds is 7. The second-order valence-corrected chi connectivity index (χ2v) is 9.16. The molecule has 1 saturated heterocycles. The lowest BCUT2D eigenvalue weighted by molar-refractivity contribution is -0.131. The number of halogens is 3. The molecular weight excluding hydrogens is 493 g/mol. The molecular formula is C19H15F3N8O2S2. The van der Waals surface area contributed by atoms with Crippen molar-refractivity contribution in [1.82, 2.24) is 35.8 Å². The zero-order chi connectivity index (χ0) is 24.3. The van der Waals surface area contributed by atoms with Crippen molar-refractivity contribution in [1.29, 1.82) is 5.26 Å². The fraction of sp³-hybridized carbons (Fsp3) is 0.316. The number of carbonyl (C=O) groups is 2. The minimum Gasteiger partial charge on any atom is -0.342 e. The molecule has 15 heteroatoms. The van der Waals surface area contributed by atoms with E-state index in [-0.39, 0.29) is 11.5 Å². The Hall–Kier alpha value is -3.51. The molecule has 2 amide bonds. The minimum absolute atomic E-state index is 0.0462. The molecule has 1 fully saturated rings. The van der Waals surface area contributed by atoms with Gasteiger partial charge in [0, 0.05) is 22.3 Å². The zero-order valence-electron chi connectivity index (χ0n) is 17.2. The van der Waals surface area contributed by atoms with Gasteiger partial charge in [-0.25, -0.2) is 18.2 Å². The van der Waals surface area contributed by atoms with Crippen molar-refractivity contribution < 1.29 is 22.8 Å². The van der Waals surface area contributed by atoms with Crippen LogP contribution in [0, 0.1) is 17.1 Å². The van der Waals surface area contributed by atoms with Crippen LogP contribution >= 0.6 is 23.1 Å². The summed E-state index contributed by atoms with van der Waals surface area (Å²) in [6, 6.07) is 4.97. The number of tetrazole rings is 1. The van der Waals surface area contributed by atoms with Crippen molar-refractivity contribution in [2.24, 2.45) is 0 Å². The van der Waals surface area contributed by atoms with Crippen LogP contribution in [0.3, 0.4) is 0 Å². The summed E-state index contributed by atoms with van der Waals surface area (Å²) in [6.07, 6.45) is -0.725. The Morgan fingerprint density at radius 3 is 2.94 bits per heavy atom. The van der Waals surface area contributed by atoms with E-state index < -0.39 is 49.1 Å². The Morgan fingerprint density at radius 1 is 1.41 bits per heavy atom. The van der Waals surface area contributed by atoms with Crippen LogP contribution in [0.5, 0.6) is 0 Å². The molecule has 2 N–H and O–H groups in total. The smallest absolute Gasteiger partial charge is 0.271 e. The van der Waals surface area contributed by atoms with Gasteiger partial charge in [-0.15, -0.1) is 33.3 Å². The topological polar surface area (TPSA) is 141 Å². The summed E-state index contributed by atoms with van der Waals surface area (Å²) >= 11 is 2.37. The molecule has 1 atom stereocenters. The van der Waals surface area contributed by atoms with Crippen LogP contribution in [0.1, 0.15) is 21.9 Å². The molecule has 2 aromatic heterocycles. The molecule has 0 aliphatic carbocycles. The monoisotopic (exact) mass is 508 g/mol. The van der Waals surface area contributed by atoms with Crippen LogP contribution in [0.25, 0.3) is 11.4 Å². The largest absolute Gasteiger partial charge is 0.342 e. The highest BCUT2D eigenvalue weighted by atomic mass is 32.2. The van der Waals surface area contributed by atoms with Gasteiger partial charge in [0.1, 0.15) is 22.6 Å². The third-order valence-electron chi connectivity index (χ3n) is 4.81. The number of carbonyl (C=O) groups excluding carboxylic acids is 2. The van der Waals surface area contributed by atoms with E-state index in [0.29, 0.717) is 21.2 Å². The lowest BCUT2D eigenvalue weighted by atomic mass is 10.2. The molecule has 34 heavy (non-hydrogen) atoms. The molecule has 1 aliphatic rings. The number of aromatic amines is 1. The van der Waals surface area contributed by atoms with Crippen molar-refractivity contribution in [2.45, 2.75) is 29.0 Å². The van der Waals surface area contributed by atoms with Gasteiger partial charge in [-0.3, -0.25) is 9.59 Å². The summed E-state index contributed by atoms with van der Waals surface area (Å²) in [5, 5.41) is 26.7.